The molecule has 0 spiro atoms. The summed E-state index contributed by atoms with van der Waals surface area (Å²) >= 11 is 11.0. The van der Waals surface area contributed by atoms with Crippen LogP contribution in [0.3, 0.4) is 0 Å². The van der Waals surface area contributed by atoms with Gasteiger partial charge in [-0.1, -0.05) is 0 Å². The van der Waals surface area contributed by atoms with Gasteiger partial charge in [0.15, 0.2) is 0 Å². The van der Waals surface area contributed by atoms with Crippen LogP contribution in [-0.2, 0) is 4.57 Å². The lowest BCUT2D eigenvalue weighted by Gasteiger charge is -2.17. The normalized spacial score (nSPS) is 19.3. The Bertz CT molecular complexity index is 149. The third kappa shape index (κ3) is 7.10. The van der Waals surface area contributed by atoms with Crippen LogP contribution >= 0.6 is 30.6 Å². The molecule has 3 nitrogen and oxygen atoms in total. The SMILES string of the molecule is CP(N)(=O)NC(CCl)CCCl. The Morgan fingerprint density at radius 2 is 2.18 bits per heavy atom. The van der Waals surface area contributed by atoms with Crippen LogP contribution in [0.5, 0.6) is 0 Å². The molecular weight excluding hydrogens is 206 g/mol. The van der Waals surface area contributed by atoms with Crippen LogP contribution in [0.25, 0.3) is 0 Å². The van der Waals surface area contributed by atoms with Gasteiger partial charge in [-0.05, 0) is 6.42 Å². The van der Waals surface area contributed by atoms with Crippen LogP contribution in [0, 0.1) is 0 Å². The van der Waals surface area contributed by atoms with E-state index in [1.165, 1.54) is 6.66 Å². The Hall–Kier alpha value is 0.730. The van der Waals surface area contributed by atoms with Gasteiger partial charge in [0.05, 0.1) is 0 Å². The van der Waals surface area contributed by atoms with Gasteiger partial charge in [0.25, 0.3) is 0 Å². The average molecular weight is 219 g/mol. The molecule has 0 aromatic heterocycles. The zero-order valence-electron chi connectivity index (χ0n) is 6.39. The summed E-state index contributed by atoms with van der Waals surface area (Å²) in [6.07, 6.45) is 0.681. The molecule has 3 N–H and O–H groups in total. The van der Waals surface area contributed by atoms with Crippen molar-refractivity contribution >= 4 is 30.6 Å². The van der Waals surface area contributed by atoms with E-state index in [0.717, 1.165) is 0 Å². The Labute approximate surface area is 77.1 Å². The Balaban J connectivity index is 3.78. The molecule has 0 aromatic rings. The number of alkyl halides is 2. The van der Waals surface area contributed by atoms with Crippen molar-refractivity contribution in [3.63, 3.8) is 0 Å². The van der Waals surface area contributed by atoms with Crippen LogP contribution in [0.4, 0.5) is 0 Å². The number of nitrogens with one attached hydrogen (secondary N) is 1. The third-order valence-corrected chi connectivity index (χ3v) is 2.55. The molecule has 0 rings (SSSR count). The fourth-order valence-corrected chi connectivity index (χ4v) is 2.22. The van der Waals surface area contributed by atoms with E-state index in [0.29, 0.717) is 18.2 Å². The molecule has 0 aliphatic rings. The van der Waals surface area contributed by atoms with Gasteiger partial charge in [0.1, 0.15) is 0 Å². The van der Waals surface area contributed by atoms with E-state index in [9.17, 15) is 4.57 Å². The molecule has 11 heavy (non-hydrogen) atoms. The standard InChI is InChI=1S/C5H13Cl2N2OP/c1-11(8,10)9-5(4-7)2-3-6/h5H,2-4H2,1H3,(H3,8,9,10). The summed E-state index contributed by atoms with van der Waals surface area (Å²) in [6.45, 7) is 1.46. The maximum atomic E-state index is 11.0. The van der Waals surface area contributed by atoms with E-state index in [2.05, 4.69) is 5.09 Å². The third-order valence-electron chi connectivity index (χ3n) is 1.08. The first-order valence-electron chi connectivity index (χ1n) is 3.25. The summed E-state index contributed by atoms with van der Waals surface area (Å²) in [5, 5.41) is 2.72. The second kappa shape index (κ2) is 5.39. The van der Waals surface area contributed by atoms with Crippen molar-refractivity contribution < 1.29 is 4.57 Å². The van der Waals surface area contributed by atoms with Gasteiger partial charge in [0, 0.05) is 24.5 Å². The Kier molecular flexibility index (Phi) is 5.75. The highest BCUT2D eigenvalue weighted by Crippen LogP contribution is 2.25. The van der Waals surface area contributed by atoms with E-state index >= 15 is 0 Å². The molecule has 2 atom stereocenters. The van der Waals surface area contributed by atoms with Crippen LogP contribution < -0.4 is 10.6 Å². The van der Waals surface area contributed by atoms with E-state index < -0.39 is 7.44 Å². The zero-order chi connectivity index (χ0) is 8.91. The Morgan fingerprint density at radius 3 is 2.45 bits per heavy atom. The smallest absolute Gasteiger partial charge is 0.206 e. The quantitative estimate of drug-likeness (QED) is 0.545. The molecule has 6 heteroatoms. The molecule has 68 valence electrons. The molecule has 0 aromatic carbocycles. The van der Waals surface area contributed by atoms with Gasteiger partial charge in [0.2, 0.25) is 7.44 Å². The van der Waals surface area contributed by atoms with E-state index in [1.807, 2.05) is 0 Å². The van der Waals surface area contributed by atoms with Crippen molar-refractivity contribution in [1.29, 1.82) is 0 Å². The largest absolute Gasteiger partial charge is 0.290 e. The van der Waals surface area contributed by atoms with E-state index in [-0.39, 0.29) is 6.04 Å². The topological polar surface area (TPSA) is 55.1 Å². The van der Waals surface area contributed by atoms with Crippen molar-refractivity contribution in [1.82, 2.24) is 5.09 Å². The highest BCUT2D eigenvalue weighted by Gasteiger charge is 2.14. The summed E-state index contributed by atoms with van der Waals surface area (Å²) in [7, 11) is -2.66. The highest BCUT2D eigenvalue weighted by molar-refractivity contribution is 7.58. The molecule has 0 aliphatic heterocycles. The van der Waals surface area contributed by atoms with Crippen LogP contribution in [0.15, 0.2) is 0 Å². The average Bonchev–Trinajstić information content (AvgIpc) is 1.84. The number of rotatable bonds is 5. The summed E-state index contributed by atoms with van der Waals surface area (Å²) in [5.74, 6) is 0.867. The van der Waals surface area contributed by atoms with Crippen LogP contribution in [0.1, 0.15) is 6.42 Å². The molecule has 0 fully saturated rings. The lowest BCUT2D eigenvalue weighted by atomic mass is 10.3. The van der Waals surface area contributed by atoms with Crippen LogP contribution in [0.2, 0.25) is 0 Å². The number of halogens is 2. The first-order chi connectivity index (χ1) is 4.99. The van der Waals surface area contributed by atoms with Crippen molar-refractivity contribution in [3.05, 3.63) is 0 Å². The Morgan fingerprint density at radius 1 is 1.64 bits per heavy atom. The summed E-state index contributed by atoms with van der Waals surface area (Å²) in [4.78, 5) is 0. The zero-order valence-corrected chi connectivity index (χ0v) is 8.79. The number of hydrogen-bond donors (Lipinski definition) is 2. The van der Waals surface area contributed by atoms with Gasteiger partial charge < -0.3 is 0 Å². The monoisotopic (exact) mass is 218 g/mol. The van der Waals surface area contributed by atoms with Gasteiger partial charge in [-0.25, -0.2) is 0 Å². The molecule has 0 saturated heterocycles. The fourth-order valence-electron chi connectivity index (χ4n) is 0.670. The predicted octanol–water partition coefficient (Wildman–Crippen LogP) is 1.59. The van der Waals surface area contributed by atoms with Gasteiger partial charge in [-0.3, -0.25) is 15.2 Å². The number of hydrogen-bond acceptors (Lipinski definition) is 1. The first-order valence-corrected chi connectivity index (χ1v) is 6.54. The summed E-state index contributed by atoms with van der Waals surface area (Å²) in [6, 6.07) is -0.0463. The predicted molar refractivity (Wildman–Crippen MR) is 50.7 cm³/mol. The lowest BCUT2D eigenvalue weighted by Crippen LogP contribution is -2.30. The van der Waals surface area contributed by atoms with E-state index in [4.69, 9.17) is 28.7 Å². The van der Waals surface area contributed by atoms with Gasteiger partial charge >= 0.3 is 0 Å². The number of nitrogens with two attached hydrogens (primary N) is 1. The second-order valence-electron chi connectivity index (χ2n) is 2.45. The van der Waals surface area contributed by atoms with Crippen molar-refractivity contribution in [2.24, 2.45) is 5.50 Å². The molecule has 0 radical (unpaired) electrons. The minimum absolute atomic E-state index is 0.0463. The first kappa shape index (κ1) is 11.7. The van der Waals surface area contributed by atoms with Crippen molar-refractivity contribution in [2.75, 3.05) is 18.4 Å². The molecular formula is C5H13Cl2N2OP. The van der Waals surface area contributed by atoms with Gasteiger partial charge in [-0.2, -0.15) is 0 Å². The highest BCUT2D eigenvalue weighted by atomic mass is 35.5. The summed E-state index contributed by atoms with van der Waals surface area (Å²) in [5.41, 5.74) is 5.28. The van der Waals surface area contributed by atoms with E-state index in [1.54, 1.807) is 0 Å². The van der Waals surface area contributed by atoms with Crippen LogP contribution in [-0.4, -0.2) is 24.5 Å². The fraction of sp³-hybridized carbons (Fsp3) is 1.00. The second-order valence-corrected chi connectivity index (χ2v) is 5.37. The molecule has 0 amide bonds. The molecule has 0 bridgehead atoms. The minimum atomic E-state index is -2.66. The van der Waals surface area contributed by atoms with Crippen molar-refractivity contribution in [3.8, 4) is 0 Å². The minimum Gasteiger partial charge on any atom is -0.290 e. The lowest BCUT2D eigenvalue weighted by molar-refractivity contribution is 0.553. The van der Waals surface area contributed by atoms with Crippen molar-refractivity contribution in [2.45, 2.75) is 12.5 Å². The molecule has 0 heterocycles. The molecule has 2 unspecified atom stereocenters. The summed E-state index contributed by atoms with van der Waals surface area (Å²) < 4.78 is 11.0. The molecule has 0 aliphatic carbocycles. The van der Waals surface area contributed by atoms with Gasteiger partial charge in [-0.15, -0.1) is 23.2 Å². The molecule has 0 saturated carbocycles. The maximum Gasteiger partial charge on any atom is 0.206 e. The maximum absolute atomic E-state index is 11.0.